The van der Waals surface area contributed by atoms with Gasteiger partial charge in [0, 0.05) is 24.9 Å². The molecule has 19 heavy (non-hydrogen) atoms. The monoisotopic (exact) mass is 258 g/mol. The number of H-pyrrole nitrogens is 1. The van der Waals surface area contributed by atoms with Crippen LogP contribution in [0.25, 0.3) is 11.5 Å². The highest BCUT2D eigenvalue weighted by molar-refractivity contribution is 5.44. The molecule has 0 aliphatic carbocycles. The van der Waals surface area contributed by atoms with Crippen LogP contribution in [-0.2, 0) is 6.42 Å². The second-order valence-corrected chi connectivity index (χ2v) is 4.35. The molecule has 0 radical (unpaired) electrons. The Bertz CT molecular complexity index is 781. The summed E-state index contributed by atoms with van der Waals surface area (Å²) in [6.45, 7) is 3.89. The third-order valence-corrected chi connectivity index (χ3v) is 2.99. The lowest BCUT2D eigenvalue weighted by Crippen LogP contribution is -2.14. The van der Waals surface area contributed by atoms with Gasteiger partial charge in [0.1, 0.15) is 17.5 Å². The molecule has 0 atom stereocenters. The third-order valence-electron chi connectivity index (χ3n) is 2.99. The summed E-state index contributed by atoms with van der Waals surface area (Å²) < 4.78 is 3.37. The van der Waals surface area contributed by atoms with Crippen molar-refractivity contribution >= 4 is 5.65 Å². The summed E-state index contributed by atoms with van der Waals surface area (Å²) in [4.78, 5) is 20.3. The molecule has 7 nitrogen and oxygen atoms in total. The van der Waals surface area contributed by atoms with Gasteiger partial charge in [-0.3, -0.25) is 4.57 Å². The first-order valence-electron chi connectivity index (χ1n) is 6.18. The van der Waals surface area contributed by atoms with Crippen molar-refractivity contribution in [3.63, 3.8) is 0 Å². The van der Waals surface area contributed by atoms with Gasteiger partial charge in [0.25, 0.3) is 0 Å². The molecule has 3 rings (SSSR count). The second kappa shape index (κ2) is 4.34. The van der Waals surface area contributed by atoms with Crippen molar-refractivity contribution in [3.05, 3.63) is 40.6 Å². The summed E-state index contributed by atoms with van der Waals surface area (Å²) in [5, 5.41) is 6.40. The fourth-order valence-corrected chi connectivity index (χ4v) is 2.16. The molecular formula is C12H14N6O. The number of aromatic amines is 1. The molecule has 3 aromatic rings. The molecule has 0 saturated carbocycles. The van der Waals surface area contributed by atoms with Gasteiger partial charge in [0.15, 0.2) is 5.65 Å². The minimum absolute atomic E-state index is 0.272. The topological polar surface area (TPSA) is 80.9 Å². The molecule has 0 saturated heterocycles. The lowest BCUT2D eigenvalue weighted by Gasteiger charge is -2.07. The van der Waals surface area contributed by atoms with Crippen molar-refractivity contribution in [2.24, 2.45) is 0 Å². The lowest BCUT2D eigenvalue weighted by molar-refractivity contribution is 0.789. The summed E-state index contributed by atoms with van der Waals surface area (Å²) in [6, 6.07) is 1.77. The molecule has 3 aromatic heterocycles. The van der Waals surface area contributed by atoms with E-state index in [0.717, 1.165) is 24.5 Å². The fourth-order valence-electron chi connectivity index (χ4n) is 2.16. The van der Waals surface area contributed by atoms with Crippen molar-refractivity contribution in [2.75, 3.05) is 0 Å². The summed E-state index contributed by atoms with van der Waals surface area (Å²) in [7, 11) is 0. The third kappa shape index (κ3) is 1.83. The normalized spacial score (nSPS) is 11.3. The minimum atomic E-state index is -0.272. The van der Waals surface area contributed by atoms with Gasteiger partial charge in [0.2, 0.25) is 0 Å². The van der Waals surface area contributed by atoms with Gasteiger partial charge in [-0.2, -0.15) is 5.10 Å². The molecule has 98 valence electrons. The Morgan fingerprint density at radius 1 is 1.42 bits per heavy atom. The number of aromatic nitrogens is 6. The van der Waals surface area contributed by atoms with E-state index in [9.17, 15) is 4.79 Å². The maximum atomic E-state index is 11.6. The zero-order chi connectivity index (χ0) is 13.4. The Morgan fingerprint density at radius 3 is 3.05 bits per heavy atom. The number of hydrogen-bond donors (Lipinski definition) is 1. The maximum absolute atomic E-state index is 11.6. The van der Waals surface area contributed by atoms with E-state index in [4.69, 9.17) is 0 Å². The SMILES string of the molecule is CCCc1nccn1-c1cc2n[nH]c(=O)n2c(C)n1. The standard InChI is InChI=1S/C12H14N6O/c1-3-4-9-13-5-6-17(9)10-7-11-15-16-12(19)18(11)8(2)14-10/h5-7H,3-4H2,1-2H3,(H,16,19). The number of fused-ring (bicyclic) bond motifs is 1. The summed E-state index contributed by atoms with van der Waals surface area (Å²) >= 11 is 0. The number of hydrogen-bond acceptors (Lipinski definition) is 4. The first kappa shape index (κ1) is 11.6. The van der Waals surface area contributed by atoms with Crippen LogP contribution >= 0.6 is 0 Å². The number of rotatable bonds is 3. The number of imidazole rings is 1. The molecule has 0 aromatic carbocycles. The molecule has 0 aliphatic rings. The Labute approximate surface area is 108 Å². The van der Waals surface area contributed by atoms with Crippen LogP contribution < -0.4 is 5.69 Å². The Kier molecular flexibility index (Phi) is 2.66. The Balaban J connectivity index is 2.20. The summed E-state index contributed by atoms with van der Waals surface area (Å²) in [6.07, 6.45) is 5.52. The highest BCUT2D eigenvalue weighted by Gasteiger charge is 2.10. The quantitative estimate of drug-likeness (QED) is 0.755. The van der Waals surface area contributed by atoms with Gasteiger partial charge < -0.3 is 0 Å². The number of nitrogens with one attached hydrogen (secondary N) is 1. The van der Waals surface area contributed by atoms with Crippen LogP contribution in [0.15, 0.2) is 23.3 Å². The van der Waals surface area contributed by atoms with Crippen LogP contribution in [0.3, 0.4) is 0 Å². The highest BCUT2D eigenvalue weighted by Crippen LogP contribution is 2.12. The van der Waals surface area contributed by atoms with Crippen molar-refractivity contribution in [1.29, 1.82) is 0 Å². The van der Waals surface area contributed by atoms with Gasteiger partial charge in [-0.15, -0.1) is 0 Å². The predicted molar refractivity (Wildman–Crippen MR) is 69.5 cm³/mol. The fraction of sp³-hybridized carbons (Fsp3) is 0.333. The summed E-state index contributed by atoms with van der Waals surface area (Å²) in [5.41, 5.74) is 0.287. The Hall–Kier alpha value is -2.44. The lowest BCUT2D eigenvalue weighted by atomic mass is 10.3. The van der Waals surface area contributed by atoms with Crippen LogP contribution in [-0.4, -0.2) is 29.1 Å². The summed E-state index contributed by atoms with van der Waals surface area (Å²) in [5.74, 6) is 2.28. The van der Waals surface area contributed by atoms with Crippen LogP contribution in [0.2, 0.25) is 0 Å². The maximum Gasteiger partial charge on any atom is 0.349 e. The van der Waals surface area contributed by atoms with E-state index in [1.54, 1.807) is 19.2 Å². The molecule has 0 unspecified atom stereocenters. The second-order valence-electron chi connectivity index (χ2n) is 4.35. The van der Waals surface area contributed by atoms with Crippen molar-refractivity contribution < 1.29 is 0 Å². The van der Waals surface area contributed by atoms with Gasteiger partial charge in [-0.25, -0.2) is 24.3 Å². The van der Waals surface area contributed by atoms with Crippen LogP contribution in [0.4, 0.5) is 0 Å². The molecule has 3 heterocycles. The zero-order valence-corrected chi connectivity index (χ0v) is 10.8. The van der Waals surface area contributed by atoms with E-state index < -0.39 is 0 Å². The van der Waals surface area contributed by atoms with E-state index in [2.05, 4.69) is 27.1 Å². The first-order valence-corrected chi connectivity index (χ1v) is 6.18. The highest BCUT2D eigenvalue weighted by atomic mass is 16.1. The zero-order valence-electron chi connectivity index (χ0n) is 10.8. The predicted octanol–water partition coefficient (Wildman–Crippen LogP) is 0.864. The van der Waals surface area contributed by atoms with Gasteiger partial charge in [-0.1, -0.05) is 6.92 Å². The van der Waals surface area contributed by atoms with E-state index in [-0.39, 0.29) is 5.69 Å². The molecule has 1 N–H and O–H groups in total. The molecule has 0 bridgehead atoms. The van der Waals surface area contributed by atoms with E-state index in [1.807, 2.05) is 10.8 Å². The van der Waals surface area contributed by atoms with E-state index in [0.29, 0.717) is 11.5 Å². The van der Waals surface area contributed by atoms with Crippen molar-refractivity contribution in [3.8, 4) is 5.82 Å². The van der Waals surface area contributed by atoms with Gasteiger partial charge >= 0.3 is 5.69 Å². The minimum Gasteiger partial charge on any atom is -0.288 e. The molecule has 0 spiro atoms. The van der Waals surface area contributed by atoms with Gasteiger partial charge in [0.05, 0.1) is 0 Å². The van der Waals surface area contributed by atoms with Crippen LogP contribution in [0.5, 0.6) is 0 Å². The van der Waals surface area contributed by atoms with Gasteiger partial charge in [-0.05, 0) is 13.3 Å². The number of nitrogens with zero attached hydrogens (tertiary/aromatic N) is 5. The first-order chi connectivity index (χ1) is 9.20. The van der Waals surface area contributed by atoms with Crippen LogP contribution in [0, 0.1) is 6.92 Å². The van der Waals surface area contributed by atoms with Crippen LogP contribution in [0.1, 0.15) is 25.0 Å². The molecule has 0 amide bonds. The average Bonchev–Trinajstić information content (AvgIpc) is 2.97. The molecule has 7 heteroatoms. The molecule has 0 aliphatic heterocycles. The number of aryl methyl sites for hydroxylation is 2. The molecule has 0 fully saturated rings. The molecular weight excluding hydrogens is 244 g/mol. The largest absolute Gasteiger partial charge is 0.349 e. The van der Waals surface area contributed by atoms with Crippen molar-refractivity contribution in [2.45, 2.75) is 26.7 Å². The van der Waals surface area contributed by atoms with Crippen molar-refractivity contribution in [1.82, 2.24) is 29.1 Å². The smallest absolute Gasteiger partial charge is 0.288 e. The Morgan fingerprint density at radius 2 is 2.26 bits per heavy atom. The van der Waals surface area contributed by atoms with E-state index >= 15 is 0 Å². The van der Waals surface area contributed by atoms with E-state index in [1.165, 1.54) is 4.40 Å². The average molecular weight is 258 g/mol.